The second-order valence-electron chi connectivity index (χ2n) is 5.00. The summed E-state index contributed by atoms with van der Waals surface area (Å²) in [6.07, 6.45) is -0.0570. The van der Waals surface area contributed by atoms with Crippen LogP contribution < -0.4 is 15.4 Å². The minimum Gasteiger partial charge on any atom is -0.497 e. The third-order valence-electron chi connectivity index (χ3n) is 3.34. The summed E-state index contributed by atoms with van der Waals surface area (Å²) in [5.74, 6) is -1.50. The first-order valence-corrected chi connectivity index (χ1v) is 8.27. The minimum atomic E-state index is -0.835. The molecule has 0 aliphatic heterocycles. The molecule has 1 atom stereocenters. The number of amides is 2. The fourth-order valence-electron chi connectivity index (χ4n) is 2.05. The molecule has 7 nitrogen and oxygen atoms in total. The number of thiophene rings is 1. The van der Waals surface area contributed by atoms with Crippen molar-refractivity contribution < 1.29 is 23.9 Å². The molecule has 0 spiro atoms. The van der Waals surface area contributed by atoms with Gasteiger partial charge in [0, 0.05) is 10.6 Å². The van der Waals surface area contributed by atoms with E-state index in [1.54, 1.807) is 36.4 Å². The van der Waals surface area contributed by atoms with Crippen LogP contribution >= 0.6 is 11.3 Å². The van der Waals surface area contributed by atoms with Gasteiger partial charge in [0.1, 0.15) is 5.75 Å². The number of hydrogen-bond donors (Lipinski definition) is 2. The Morgan fingerprint density at radius 1 is 1.08 bits per heavy atom. The Hall–Kier alpha value is -2.87. The first kappa shape index (κ1) is 18.5. The highest BCUT2D eigenvalue weighted by atomic mass is 32.1. The average molecular weight is 362 g/mol. The van der Waals surface area contributed by atoms with Crippen molar-refractivity contribution in [2.45, 2.75) is 12.5 Å². The highest BCUT2D eigenvalue weighted by molar-refractivity contribution is 7.10. The zero-order valence-corrected chi connectivity index (χ0v) is 14.6. The maximum atomic E-state index is 12.2. The van der Waals surface area contributed by atoms with Gasteiger partial charge >= 0.3 is 17.8 Å². The molecular formula is C17H18N2O5S. The van der Waals surface area contributed by atoms with E-state index in [9.17, 15) is 14.4 Å². The second kappa shape index (κ2) is 8.84. The number of anilines is 1. The third kappa shape index (κ3) is 5.32. The van der Waals surface area contributed by atoms with Crippen molar-refractivity contribution in [2.24, 2.45) is 0 Å². The predicted octanol–water partition coefficient (Wildman–Crippen LogP) is 2.12. The summed E-state index contributed by atoms with van der Waals surface area (Å²) in [4.78, 5) is 36.5. The molecule has 25 heavy (non-hydrogen) atoms. The molecule has 1 aromatic carbocycles. The van der Waals surface area contributed by atoms with E-state index in [0.717, 1.165) is 4.88 Å². The lowest BCUT2D eigenvalue weighted by Crippen LogP contribution is -2.38. The molecule has 1 heterocycles. The molecule has 2 aromatic rings. The second-order valence-corrected chi connectivity index (χ2v) is 5.98. The molecule has 2 rings (SSSR count). The van der Waals surface area contributed by atoms with Gasteiger partial charge in [-0.2, -0.15) is 0 Å². The van der Waals surface area contributed by atoms with Crippen LogP contribution in [-0.2, 0) is 19.1 Å². The van der Waals surface area contributed by atoms with Crippen molar-refractivity contribution in [3.63, 3.8) is 0 Å². The number of nitrogens with one attached hydrogen (secondary N) is 2. The summed E-state index contributed by atoms with van der Waals surface area (Å²) in [6, 6.07) is 9.53. The summed E-state index contributed by atoms with van der Waals surface area (Å²) in [6.45, 7) is 0. The van der Waals surface area contributed by atoms with Crippen LogP contribution in [0.1, 0.15) is 17.3 Å². The number of benzene rings is 1. The minimum absolute atomic E-state index is 0.0570. The van der Waals surface area contributed by atoms with Gasteiger partial charge in [-0.3, -0.25) is 14.4 Å². The van der Waals surface area contributed by atoms with Gasteiger partial charge in [0.15, 0.2) is 0 Å². The van der Waals surface area contributed by atoms with Gasteiger partial charge in [-0.1, -0.05) is 6.07 Å². The van der Waals surface area contributed by atoms with Crippen molar-refractivity contribution in [3.8, 4) is 5.75 Å². The van der Waals surface area contributed by atoms with Crippen LogP contribution in [0.25, 0.3) is 0 Å². The van der Waals surface area contributed by atoms with Crippen molar-refractivity contribution in [1.82, 2.24) is 5.32 Å². The molecule has 2 amide bonds. The van der Waals surface area contributed by atoms with Crippen LogP contribution in [0.5, 0.6) is 5.75 Å². The van der Waals surface area contributed by atoms with Crippen LogP contribution in [0, 0.1) is 0 Å². The van der Waals surface area contributed by atoms with E-state index in [-0.39, 0.29) is 6.42 Å². The molecule has 0 radical (unpaired) electrons. The molecule has 2 N–H and O–H groups in total. The van der Waals surface area contributed by atoms with Crippen LogP contribution in [0.3, 0.4) is 0 Å². The normalized spacial score (nSPS) is 11.3. The molecular weight excluding hydrogens is 344 g/mol. The monoisotopic (exact) mass is 362 g/mol. The van der Waals surface area contributed by atoms with E-state index in [0.29, 0.717) is 11.4 Å². The first-order chi connectivity index (χ1) is 12.0. The van der Waals surface area contributed by atoms with E-state index >= 15 is 0 Å². The summed E-state index contributed by atoms with van der Waals surface area (Å²) >= 11 is 1.38. The standard InChI is InChI=1S/C17H18N2O5S/c1-23-12-7-5-11(6-8-12)18-16(21)17(22)19-13(10-15(20)24-2)14-4-3-9-25-14/h3-9,13H,10H2,1-2H3,(H,18,21)(H,19,22)/t13-/m1/s1. The quantitative estimate of drug-likeness (QED) is 0.606. The van der Waals surface area contributed by atoms with E-state index in [1.807, 2.05) is 5.38 Å². The molecule has 1 aromatic heterocycles. The highest BCUT2D eigenvalue weighted by Crippen LogP contribution is 2.22. The van der Waals surface area contributed by atoms with E-state index in [2.05, 4.69) is 15.4 Å². The van der Waals surface area contributed by atoms with Crippen LogP contribution in [0.4, 0.5) is 5.69 Å². The van der Waals surface area contributed by atoms with Crippen molar-refractivity contribution in [3.05, 3.63) is 46.7 Å². The number of hydrogen-bond acceptors (Lipinski definition) is 6. The van der Waals surface area contributed by atoms with E-state index in [4.69, 9.17) is 4.74 Å². The Morgan fingerprint density at radius 3 is 2.36 bits per heavy atom. The lowest BCUT2D eigenvalue weighted by atomic mass is 10.1. The topological polar surface area (TPSA) is 93.7 Å². The average Bonchev–Trinajstić information content (AvgIpc) is 3.16. The zero-order valence-electron chi connectivity index (χ0n) is 13.8. The van der Waals surface area contributed by atoms with Gasteiger partial charge < -0.3 is 20.1 Å². The Balaban J connectivity index is 2.01. The molecule has 8 heteroatoms. The van der Waals surface area contributed by atoms with Crippen molar-refractivity contribution in [1.29, 1.82) is 0 Å². The molecule has 0 bridgehead atoms. The summed E-state index contributed by atoms with van der Waals surface area (Å²) in [7, 11) is 2.80. The molecule has 0 saturated carbocycles. The van der Waals surface area contributed by atoms with E-state index < -0.39 is 23.8 Å². The first-order valence-electron chi connectivity index (χ1n) is 7.39. The number of carbonyl (C=O) groups excluding carboxylic acids is 3. The van der Waals surface area contributed by atoms with Crippen LogP contribution in [0.15, 0.2) is 41.8 Å². The number of rotatable bonds is 6. The van der Waals surface area contributed by atoms with Crippen molar-refractivity contribution >= 4 is 34.8 Å². The lowest BCUT2D eigenvalue weighted by molar-refractivity contribution is -0.142. The lowest BCUT2D eigenvalue weighted by Gasteiger charge is -2.16. The van der Waals surface area contributed by atoms with Crippen LogP contribution in [0.2, 0.25) is 0 Å². The van der Waals surface area contributed by atoms with Gasteiger partial charge in [0.05, 0.1) is 26.7 Å². The number of esters is 1. The Bertz CT molecular complexity index is 728. The Labute approximate surface area is 148 Å². The molecule has 132 valence electrons. The number of ether oxygens (including phenoxy) is 2. The van der Waals surface area contributed by atoms with Gasteiger partial charge in [-0.15, -0.1) is 11.3 Å². The maximum Gasteiger partial charge on any atom is 0.313 e. The largest absolute Gasteiger partial charge is 0.497 e. The molecule has 0 unspecified atom stereocenters. The highest BCUT2D eigenvalue weighted by Gasteiger charge is 2.23. The SMILES string of the molecule is COC(=O)C[C@@H](NC(=O)C(=O)Nc1ccc(OC)cc1)c1cccs1. The summed E-state index contributed by atoms with van der Waals surface area (Å²) in [5.41, 5.74) is 0.460. The molecule has 0 aliphatic rings. The smallest absolute Gasteiger partial charge is 0.313 e. The van der Waals surface area contributed by atoms with Gasteiger partial charge in [0.25, 0.3) is 0 Å². The fourth-order valence-corrected chi connectivity index (χ4v) is 2.83. The predicted molar refractivity (Wildman–Crippen MR) is 93.5 cm³/mol. The van der Waals surface area contributed by atoms with Gasteiger partial charge in [0.2, 0.25) is 0 Å². The Kier molecular flexibility index (Phi) is 6.53. The van der Waals surface area contributed by atoms with E-state index in [1.165, 1.54) is 25.6 Å². The maximum absolute atomic E-state index is 12.2. The molecule has 0 aliphatic carbocycles. The number of carbonyl (C=O) groups is 3. The molecule has 0 saturated heterocycles. The van der Waals surface area contributed by atoms with Crippen LogP contribution in [-0.4, -0.2) is 32.0 Å². The summed E-state index contributed by atoms with van der Waals surface area (Å²) in [5, 5.41) is 6.88. The summed E-state index contributed by atoms with van der Waals surface area (Å²) < 4.78 is 9.67. The molecule has 0 fully saturated rings. The van der Waals surface area contributed by atoms with Gasteiger partial charge in [-0.05, 0) is 35.7 Å². The van der Waals surface area contributed by atoms with Crippen molar-refractivity contribution in [2.75, 3.05) is 19.5 Å². The Morgan fingerprint density at radius 2 is 1.80 bits per heavy atom. The third-order valence-corrected chi connectivity index (χ3v) is 4.33. The fraction of sp³-hybridized carbons (Fsp3) is 0.235. The number of methoxy groups -OCH3 is 2. The van der Waals surface area contributed by atoms with Gasteiger partial charge in [-0.25, -0.2) is 0 Å². The zero-order chi connectivity index (χ0) is 18.2.